The van der Waals surface area contributed by atoms with Crippen molar-refractivity contribution >= 4 is 5.71 Å². The van der Waals surface area contributed by atoms with Crippen LogP contribution in [0, 0.1) is 23.2 Å². The van der Waals surface area contributed by atoms with Gasteiger partial charge < -0.3 is 4.84 Å². The van der Waals surface area contributed by atoms with Crippen molar-refractivity contribution in [3.05, 3.63) is 0 Å². The SMILES string of the molecule is CC(C)(C)ON=C1CCC(C(C#N)CCCC(F)(F)F)CC1. The Morgan fingerprint density at radius 2 is 1.86 bits per heavy atom. The van der Waals surface area contributed by atoms with Crippen molar-refractivity contribution in [1.29, 1.82) is 5.26 Å². The predicted molar refractivity (Wildman–Crippen MR) is 79.2 cm³/mol. The molecule has 0 spiro atoms. The van der Waals surface area contributed by atoms with Crippen molar-refractivity contribution < 1.29 is 18.0 Å². The molecule has 0 aromatic carbocycles. The summed E-state index contributed by atoms with van der Waals surface area (Å²) in [7, 11) is 0. The van der Waals surface area contributed by atoms with Gasteiger partial charge in [-0.3, -0.25) is 0 Å². The van der Waals surface area contributed by atoms with Gasteiger partial charge in [-0.15, -0.1) is 0 Å². The molecule has 1 aliphatic carbocycles. The second kappa shape index (κ2) is 7.85. The normalized spacial score (nSPS) is 21.1. The summed E-state index contributed by atoms with van der Waals surface area (Å²) in [5.41, 5.74) is 0.662. The third-order valence-electron chi connectivity index (χ3n) is 3.77. The summed E-state index contributed by atoms with van der Waals surface area (Å²) >= 11 is 0. The molecule has 1 aliphatic rings. The minimum absolute atomic E-state index is 0.0340. The van der Waals surface area contributed by atoms with Gasteiger partial charge in [0.15, 0.2) is 0 Å². The molecular formula is C16H25F3N2O. The van der Waals surface area contributed by atoms with Gasteiger partial charge in [0, 0.05) is 12.3 Å². The molecule has 3 nitrogen and oxygen atoms in total. The highest BCUT2D eigenvalue weighted by atomic mass is 19.4. The number of alkyl halides is 3. The molecular weight excluding hydrogens is 293 g/mol. The van der Waals surface area contributed by atoms with E-state index in [0.29, 0.717) is 6.42 Å². The van der Waals surface area contributed by atoms with E-state index < -0.39 is 12.6 Å². The average molecular weight is 318 g/mol. The third kappa shape index (κ3) is 7.67. The number of hydrogen-bond donors (Lipinski definition) is 0. The molecule has 1 unspecified atom stereocenters. The number of halogens is 3. The van der Waals surface area contributed by atoms with Gasteiger partial charge in [-0.25, -0.2) is 0 Å². The van der Waals surface area contributed by atoms with Crippen LogP contribution in [0.5, 0.6) is 0 Å². The lowest BCUT2D eigenvalue weighted by atomic mass is 9.78. The van der Waals surface area contributed by atoms with Crippen molar-refractivity contribution in [2.75, 3.05) is 0 Å². The standard InChI is InChI=1S/C16H25F3N2O/c1-15(2,3)22-21-14-8-6-12(7-9-14)13(11-20)5-4-10-16(17,18)19/h12-13H,4-10H2,1-3H3. The van der Waals surface area contributed by atoms with Crippen LogP contribution in [0.25, 0.3) is 0 Å². The monoisotopic (exact) mass is 318 g/mol. The smallest absolute Gasteiger partial charge is 0.389 e. The van der Waals surface area contributed by atoms with Gasteiger partial charge in [-0.1, -0.05) is 5.16 Å². The fourth-order valence-corrected chi connectivity index (χ4v) is 2.60. The lowest BCUT2D eigenvalue weighted by Crippen LogP contribution is -2.23. The molecule has 1 atom stereocenters. The van der Waals surface area contributed by atoms with E-state index in [-0.39, 0.29) is 23.9 Å². The highest BCUT2D eigenvalue weighted by molar-refractivity contribution is 5.84. The van der Waals surface area contributed by atoms with Crippen molar-refractivity contribution in [2.45, 2.75) is 77.5 Å². The first-order valence-electron chi connectivity index (χ1n) is 7.81. The van der Waals surface area contributed by atoms with Crippen LogP contribution in [-0.4, -0.2) is 17.5 Å². The van der Waals surface area contributed by atoms with Crippen LogP contribution in [0.1, 0.15) is 65.7 Å². The molecule has 1 saturated carbocycles. The zero-order valence-corrected chi connectivity index (χ0v) is 13.5. The van der Waals surface area contributed by atoms with E-state index in [2.05, 4.69) is 11.2 Å². The van der Waals surface area contributed by atoms with Crippen LogP contribution in [-0.2, 0) is 4.84 Å². The molecule has 0 aliphatic heterocycles. The molecule has 0 bridgehead atoms. The number of nitriles is 1. The van der Waals surface area contributed by atoms with Gasteiger partial charge in [0.2, 0.25) is 0 Å². The van der Waals surface area contributed by atoms with E-state index in [4.69, 9.17) is 4.84 Å². The Hall–Kier alpha value is -1.25. The summed E-state index contributed by atoms with van der Waals surface area (Å²) < 4.78 is 36.5. The topological polar surface area (TPSA) is 45.4 Å². The Labute approximate surface area is 130 Å². The van der Waals surface area contributed by atoms with Gasteiger partial charge in [0.05, 0.1) is 11.8 Å². The first-order valence-corrected chi connectivity index (χ1v) is 7.81. The largest absolute Gasteiger partial charge is 0.390 e. The summed E-state index contributed by atoms with van der Waals surface area (Å²) in [6, 6.07) is 2.19. The van der Waals surface area contributed by atoms with Gasteiger partial charge in [-0.05, 0) is 65.2 Å². The predicted octanol–water partition coefficient (Wildman–Crippen LogP) is 5.22. The highest BCUT2D eigenvalue weighted by Crippen LogP contribution is 2.33. The van der Waals surface area contributed by atoms with Crippen LogP contribution in [0.2, 0.25) is 0 Å². The summed E-state index contributed by atoms with van der Waals surface area (Å²) in [4.78, 5) is 5.39. The zero-order valence-electron chi connectivity index (χ0n) is 13.5. The van der Waals surface area contributed by atoms with Gasteiger partial charge in [0.25, 0.3) is 0 Å². The summed E-state index contributed by atoms with van der Waals surface area (Å²) in [6.45, 7) is 5.78. The van der Waals surface area contributed by atoms with E-state index >= 15 is 0 Å². The zero-order chi connectivity index (χ0) is 16.8. The molecule has 0 radical (unpaired) electrons. The Morgan fingerprint density at radius 1 is 1.27 bits per heavy atom. The number of rotatable bonds is 5. The Balaban J connectivity index is 2.40. The van der Waals surface area contributed by atoms with Crippen LogP contribution in [0.4, 0.5) is 13.2 Å². The molecule has 0 heterocycles. The molecule has 0 amide bonds. The summed E-state index contributed by atoms with van der Waals surface area (Å²) in [5, 5.41) is 13.4. The molecule has 0 aromatic heterocycles. The van der Waals surface area contributed by atoms with Gasteiger partial charge in [0.1, 0.15) is 5.60 Å². The second-order valence-electron chi connectivity index (χ2n) is 6.94. The minimum Gasteiger partial charge on any atom is -0.390 e. The first kappa shape index (κ1) is 18.8. The molecule has 1 fully saturated rings. The quantitative estimate of drug-likeness (QED) is 0.652. The molecule has 126 valence electrons. The lowest BCUT2D eigenvalue weighted by molar-refractivity contribution is -0.136. The maximum atomic E-state index is 12.2. The van der Waals surface area contributed by atoms with Crippen molar-refractivity contribution in [3.8, 4) is 6.07 Å². The van der Waals surface area contributed by atoms with Crippen LogP contribution in [0.3, 0.4) is 0 Å². The van der Waals surface area contributed by atoms with Crippen molar-refractivity contribution in [2.24, 2.45) is 17.0 Å². The van der Waals surface area contributed by atoms with E-state index in [9.17, 15) is 18.4 Å². The van der Waals surface area contributed by atoms with E-state index in [1.54, 1.807) is 0 Å². The summed E-state index contributed by atoms with van der Waals surface area (Å²) in [6.07, 6.45) is -1.44. The number of hydrogen-bond acceptors (Lipinski definition) is 3. The Kier molecular flexibility index (Phi) is 6.70. The van der Waals surface area contributed by atoms with E-state index in [1.807, 2.05) is 20.8 Å². The first-order chi connectivity index (χ1) is 10.1. The number of oxime groups is 1. The van der Waals surface area contributed by atoms with Crippen molar-refractivity contribution in [1.82, 2.24) is 0 Å². The molecule has 1 rings (SSSR count). The summed E-state index contributed by atoms with van der Waals surface area (Å²) in [5.74, 6) is -0.112. The second-order valence-corrected chi connectivity index (χ2v) is 6.94. The fraction of sp³-hybridized carbons (Fsp3) is 0.875. The van der Waals surface area contributed by atoms with Gasteiger partial charge >= 0.3 is 6.18 Å². The van der Waals surface area contributed by atoms with E-state index in [1.165, 1.54) is 0 Å². The molecule has 6 heteroatoms. The maximum Gasteiger partial charge on any atom is 0.389 e. The van der Waals surface area contributed by atoms with E-state index in [0.717, 1.165) is 31.4 Å². The van der Waals surface area contributed by atoms with Crippen LogP contribution < -0.4 is 0 Å². The van der Waals surface area contributed by atoms with Crippen molar-refractivity contribution in [3.63, 3.8) is 0 Å². The van der Waals surface area contributed by atoms with Crippen LogP contribution in [0.15, 0.2) is 5.16 Å². The number of nitrogens with zero attached hydrogens (tertiary/aromatic N) is 2. The maximum absolute atomic E-state index is 12.2. The third-order valence-corrected chi connectivity index (χ3v) is 3.77. The Morgan fingerprint density at radius 3 is 2.32 bits per heavy atom. The minimum atomic E-state index is -4.13. The fourth-order valence-electron chi connectivity index (χ4n) is 2.60. The lowest BCUT2D eigenvalue weighted by Gasteiger charge is -2.27. The molecule has 0 saturated heterocycles. The Bertz CT molecular complexity index is 409. The van der Waals surface area contributed by atoms with Gasteiger partial charge in [-0.2, -0.15) is 18.4 Å². The molecule has 0 N–H and O–H groups in total. The molecule has 22 heavy (non-hydrogen) atoms. The molecule has 0 aromatic rings. The average Bonchev–Trinajstić information content (AvgIpc) is 2.40. The highest BCUT2D eigenvalue weighted by Gasteiger charge is 2.30. The van der Waals surface area contributed by atoms with Crippen LogP contribution >= 0.6 is 0 Å².